The maximum absolute atomic E-state index is 13.2. The molecule has 0 unspecified atom stereocenters. The highest BCUT2D eigenvalue weighted by Crippen LogP contribution is 2.39. The van der Waals surface area contributed by atoms with Gasteiger partial charge in [-0.2, -0.15) is 18.3 Å². The first-order valence-corrected chi connectivity index (χ1v) is 17.1. The fourth-order valence-corrected chi connectivity index (χ4v) is 6.19. The van der Waals surface area contributed by atoms with E-state index in [0.717, 1.165) is 48.7 Å². The van der Waals surface area contributed by atoms with Crippen LogP contribution in [-0.2, 0) is 15.7 Å². The minimum atomic E-state index is -4.59. The van der Waals surface area contributed by atoms with Crippen molar-refractivity contribution in [1.82, 2.24) is 25.1 Å². The molecule has 276 valence electrons. The fourth-order valence-electron chi connectivity index (χ4n) is 6.19. The lowest BCUT2D eigenvalue weighted by Gasteiger charge is -2.31. The summed E-state index contributed by atoms with van der Waals surface area (Å²) in [4.78, 5) is 44.8. The third kappa shape index (κ3) is 9.65. The molecule has 5 rings (SSSR count). The first kappa shape index (κ1) is 37.8. The third-order valence-corrected chi connectivity index (χ3v) is 8.55. The van der Waals surface area contributed by atoms with Gasteiger partial charge in [-0.05, 0) is 90.0 Å². The molecule has 1 aliphatic rings. The molecule has 0 aliphatic heterocycles. The van der Waals surface area contributed by atoms with Crippen molar-refractivity contribution >= 4 is 46.6 Å². The number of nitrogen functional groups attached to an aromatic ring is 1. The second-order valence-corrected chi connectivity index (χ2v) is 13.8. The summed E-state index contributed by atoms with van der Waals surface area (Å²) in [5.74, 6) is -1.47. The largest absolute Gasteiger partial charge is 0.481 e. The van der Waals surface area contributed by atoms with Crippen molar-refractivity contribution in [2.45, 2.75) is 96.0 Å². The van der Waals surface area contributed by atoms with Gasteiger partial charge in [0.25, 0.3) is 5.91 Å². The van der Waals surface area contributed by atoms with Gasteiger partial charge in [-0.25, -0.2) is 14.8 Å². The predicted octanol–water partition coefficient (Wildman–Crippen LogP) is 8.01. The molecule has 52 heavy (non-hydrogen) atoms. The topological polar surface area (TPSA) is 174 Å². The molecule has 1 saturated carbocycles. The van der Waals surface area contributed by atoms with Crippen molar-refractivity contribution < 1.29 is 37.4 Å². The number of hydrogen-bond donors (Lipinski definition) is 4. The number of anilines is 2. The number of amides is 2. The van der Waals surface area contributed by atoms with E-state index in [1.807, 2.05) is 16.8 Å². The Morgan fingerprint density at radius 2 is 1.83 bits per heavy atom. The number of pyridine rings is 2. The van der Waals surface area contributed by atoms with Gasteiger partial charge in [0.2, 0.25) is 0 Å². The maximum atomic E-state index is 13.2. The number of alkyl carbamates (subject to hydrolysis) is 1. The van der Waals surface area contributed by atoms with Gasteiger partial charge >= 0.3 is 18.2 Å². The number of nitrogens with zero attached hydrogens (tertiary/aromatic N) is 4. The summed E-state index contributed by atoms with van der Waals surface area (Å²) >= 11 is 0. The van der Waals surface area contributed by atoms with Crippen LogP contribution in [0.5, 0.6) is 0 Å². The Labute approximate surface area is 298 Å². The zero-order valence-electron chi connectivity index (χ0n) is 29.2. The second kappa shape index (κ2) is 15.8. The number of nitrogens with two attached hydrogens (primary N) is 1. The Morgan fingerprint density at radius 1 is 1.08 bits per heavy atom. The van der Waals surface area contributed by atoms with E-state index in [1.165, 1.54) is 12.1 Å². The number of nitrogens with one attached hydrogen (secondary N) is 2. The van der Waals surface area contributed by atoms with Crippen molar-refractivity contribution in [3.05, 3.63) is 71.6 Å². The number of aromatic nitrogens is 4. The normalized spacial score (nSPS) is 16.6. The smallest absolute Gasteiger partial charge is 0.416 e. The highest BCUT2D eigenvalue weighted by Gasteiger charge is 2.32. The van der Waals surface area contributed by atoms with E-state index in [-0.39, 0.29) is 35.7 Å². The molecule has 1 aliphatic carbocycles. The maximum Gasteiger partial charge on any atom is 0.416 e. The number of allylic oxidation sites excluding steroid dienone is 1. The van der Waals surface area contributed by atoms with Gasteiger partial charge in [0, 0.05) is 41.5 Å². The number of alkyl halides is 3. The number of unbranched alkanes of at least 4 members (excludes halogenated alkanes) is 2. The lowest BCUT2D eigenvalue weighted by Crippen LogP contribution is -2.41. The number of carbonyl (C=O) groups excluding carboxylic acids is 2. The summed E-state index contributed by atoms with van der Waals surface area (Å²) in [6.45, 7) is 5.42. The lowest BCUT2D eigenvalue weighted by molar-refractivity contribution is -0.138. The van der Waals surface area contributed by atoms with Gasteiger partial charge in [0.1, 0.15) is 22.9 Å². The van der Waals surface area contributed by atoms with Crippen LogP contribution in [0.25, 0.3) is 28.2 Å². The Hall–Kier alpha value is -5.47. The Morgan fingerprint density at radius 3 is 2.52 bits per heavy atom. The van der Waals surface area contributed by atoms with E-state index in [2.05, 4.69) is 20.6 Å². The van der Waals surface area contributed by atoms with Crippen LogP contribution in [0.15, 0.2) is 54.9 Å². The molecule has 4 aromatic rings. The molecule has 3 heterocycles. The van der Waals surface area contributed by atoms with Crippen LogP contribution in [0, 0.1) is 0 Å². The van der Waals surface area contributed by atoms with Crippen molar-refractivity contribution in [3.63, 3.8) is 0 Å². The summed E-state index contributed by atoms with van der Waals surface area (Å²) in [6.07, 6.45) is 6.42. The molecule has 3 aromatic heterocycles. The first-order valence-electron chi connectivity index (χ1n) is 17.1. The van der Waals surface area contributed by atoms with Crippen LogP contribution in [0.4, 0.5) is 29.6 Å². The zero-order chi connectivity index (χ0) is 37.6. The van der Waals surface area contributed by atoms with Crippen LogP contribution in [0.3, 0.4) is 0 Å². The van der Waals surface area contributed by atoms with Gasteiger partial charge < -0.3 is 26.2 Å². The van der Waals surface area contributed by atoms with Gasteiger partial charge in [-0.15, -0.1) is 0 Å². The molecule has 0 bridgehead atoms. The Balaban J connectivity index is 1.47. The average Bonchev–Trinajstić information content (AvgIpc) is 3.48. The van der Waals surface area contributed by atoms with E-state index >= 15 is 0 Å². The summed E-state index contributed by atoms with van der Waals surface area (Å²) in [5.41, 5.74) is 7.77. The molecule has 5 N–H and O–H groups in total. The SMILES string of the molecule is CC(C)(C)OC(=O)N[C@@H]1CCC[C@@H](n2nc(-c3ccc(C(=O)Nc4cc(C(F)(F)F)ccn4)cc3)c3c(N)ncc(/C=C/CCCCC(=O)O)c32)C1. The van der Waals surface area contributed by atoms with Crippen LogP contribution in [0.1, 0.15) is 99.7 Å². The zero-order valence-corrected chi connectivity index (χ0v) is 29.2. The summed E-state index contributed by atoms with van der Waals surface area (Å²) < 4.78 is 46.9. The van der Waals surface area contributed by atoms with Gasteiger partial charge in [-0.3, -0.25) is 14.3 Å². The Kier molecular flexibility index (Phi) is 11.5. The molecule has 0 saturated heterocycles. The number of halogens is 3. The molecular formula is C37H42F3N7O5. The summed E-state index contributed by atoms with van der Waals surface area (Å²) in [7, 11) is 0. The Bertz CT molecular complexity index is 1950. The molecular weight excluding hydrogens is 679 g/mol. The van der Waals surface area contributed by atoms with Gasteiger partial charge in [-0.1, -0.05) is 24.3 Å². The van der Waals surface area contributed by atoms with Crippen molar-refractivity contribution in [2.75, 3.05) is 11.1 Å². The van der Waals surface area contributed by atoms with Crippen LogP contribution in [0.2, 0.25) is 0 Å². The van der Waals surface area contributed by atoms with Crippen molar-refractivity contribution in [1.29, 1.82) is 0 Å². The quantitative estimate of drug-likeness (QED) is 0.112. The monoisotopic (exact) mass is 721 g/mol. The number of carbonyl (C=O) groups is 3. The van der Waals surface area contributed by atoms with E-state index < -0.39 is 35.3 Å². The molecule has 12 nitrogen and oxygen atoms in total. The molecule has 2 atom stereocenters. The van der Waals surface area contributed by atoms with Crippen LogP contribution in [-0.4, -0.2) is 54.5 Å². The molecule has 15 heteroatoms. The number of fused-ring (bicyclic) bond motifs is 1. The summed E-state index contributed by atoms with van der Waals surface area (Å²) in [6, 6.07) is 7.74. The van der Waals surface area contributed by atoms with Gasteiger partial charge in [0.05, 0.1) is 22.5 Å². The number of rotatable bonds is 11. The molecule has 0 radical (unpaired) electrons. The highest BCUT2D eigenvalue weighted by atomic mass is 19.4. The van der Waals surface area contributed by atoms with E-state index in [1.54, 1.807) is 39.1 Å². The number of benzene rings is 1. The standard InChI is InChI=1S/C37H42F3N7O5/c1-36(2,3)52-35(51)44-26-10-8-11-27(20-26)47-32-24(9-6-4-5-7-12-29(48)49)21-43-33(41)30(32)31(46-47)22-13-15-23(16-14-22)34(50)45-28-19-25(17-18-42-28)37(38,39)40/h6,9,13-19,21,26-27H,4-5,7-8,10-12,20H2,1-3H3,(H2,41,43)(H,44,51)(H,48,49)(H,42,45,50)/b9-6+/t26-,27-/m1/s1. The number of carboxylic acids is 1. The van der Waals surface area contributed by atoms with Crippen molar-refractivity contribution in [3.8, 4) is 11.3 Å². The highest BCUT2D eigenvalue weighted by molar-refractivity contribution is 6.06. The lowest BCUT2D eigenvalue weighted by atomic mass is 9.91. The molecule has 1 fully saturated rings. The number of carboxylic acid groups (broad SMARTS) is 1. The van der Waals surface area contributed by atoms with Crippen LogP contribution < -0.4 is 16.4 Å². The number of hydrogen-bond acceptors (Lipinski definition) is 8. The van der Waals surface area contributed by atoms with E-state index in [4.69, 9.17) is 20.7 Å². The predicted molar refractivity (Wildman–Crippen MR) is 190 cm³/mol. The summed E-state index contributed by atoms with van der Waals surface area (Å²) in [5, 5.41) is 20.0. The number of ether oxygens (including phenoxy) is 1. The van der Waals surface area contributed by atoms with E-state index in [9.17, 15) is 27.6 Å². The number of aliphatic carboxylic acids is 1. The fraction of sp³-hybridized carbons (Fsp3) is 0.405. The van der Waals surface area contributed by atoms with Crippen molar-refractivity contribution in [2.24, 2.45) is 0 Å². The third-order valence-electron chi connectivity index (χ3n) is 8.55. The molecule has 1 aromatic carbocycles. The minimum Gasteiger partial charge on any atom is -0.481 e. The van der Waals surface area contributed by atoms with Crippen LogP contribution >= 0.6 is 0 Å². The molecule has 2 amide bonds. The molecule has 0 spiro atoms. The minimum absolute atomic E-state index is 0.0976. The first-order chi connectivity index (χ1) is 24.6. The average molecular weight is 722 g/mol. The second-order valence-electron chi connectivity index (χ2n) is 13.8. The van der Waals surface area contributed by atoms with E-state index in [0.29, 0.717) is 42.3 Å². The van der Waals surface area contributed by atoms with Gasteiger partial charge in [0.15, 0.2) is 0 Å².